The van der Waals surface area contributed by atoms with Gasteiger partial charge in [0.05, 0.1) is 17.9 Å². The van der Waals surface area contributed by atoms with E-state index in [2.05, 4.69) is 15.2 Å². The van der Waals surface area contributed by atoms with Crippen molar-refractivity contribution in [1.82, 2.24) is 10.2 Å². The molecule has 1 aliphatic rings. The number of hydrogen-bond acceptors (Lipinski definition) is 5. The van der Waals surface area contributed by atoms with Gasteiger partial charge in [-0.15, -0.1) is 0 Å². The highest BCUT2D eigenvalue weighted by Gasteiger charge is 2.26. The molecule has 0 atom stereocenters. The van der Waals surface area contributed by atoms with E-state index < -0.39 is 10.0 Å². The van der Waals surface area contributed by atoms with Crippen molar-refractivity contribution in [3.8, 4) is 0 Å². The predicted molar refractivity (Wildman–Crippen MR) is 94.3 cm³/mol. The fourth-order valence-corrected chi connectivity index (χ4v) is 3.42. The number of ether oxygens (including phenoxy) is 1. The van der Waals surface area contributed by atoms with Gasteiger partial charge in [-0.3, -0.25) is 9.79 Å². The van der Waals surface area contributed by atoms with Crippen LogP contribution in [-0.2, 0) is 26.1 Å². The Kier molecular flexibility index (Phi) is 6.38. The van der Waals surface area contributed by atoms with E-state index in [-0.39, 0.29) is 16.8 Å². The lowest BCUT2D eigenvalue weighted by molar-refractivity contribution is -0.146. The molecule has 3 N–H and O–H groups in total. The number of sulfonamides is 1. The summed E-state index contributed by atoms with van der Waals surface area (Å²) in [7, 11) is -0.621. The van der Waals surface area contributed by atoms with Crippen molar-refractivity contribution in [3.63, 3.8) is 0 Å². The van der Waals surface area contributed by atoms with E-state index in [9.17, 15) is 13.2 Å². The molecule has 0 bridgehead atoms. The molecule has 0 radical (unpaired) electrons. The van der Waals surface area contributed by atoms with Crippen LogP contribution in [0.4, 0.5) is 0 Å². The van der Waals surface area contributed by atoms with Crippen molar-refractivity contribution in [2.24, 2.45) is 16.0 Å². The molecule has 0 unspecified atom stereocenters. The second kappa shape index (κ2) is 8.30. The van der Waals surface area contributed by atoms with Crippen molar-refractivity contribution in [1.29, 1.82) is 0 Å². The SMILES string of the molecule is CN=C(NCc1cccc(S(N)(=O)=O)c1)N1CCC(C(=O)OC)CC1. The first-order chi connectivity index (χ1) is 11.8. The molecule has 9 heteroatoms. The molecule has 0 amide bonds. The third kappa shape index (κ3) is 5.17. The fraction of sp³-hybridized carbons (Fsp3) is 0.500. The third-order valence-corrected chi connectivity index (χ3v) is 5.13. The second-order valence-corrected chi connectivity index (χ2v) is 7.44. The van der Waals surface area contributed by atoms with Crippen LogP contribution in [0.2, 0.25) is 0 Å². The quantitative estimate of drug-likeness (QED) is 0.449. The van der Waals surface area contributed by atoms with E-state index in [0.717, 1.165) is 5.56 Å². The monoisotopic (exact) mass is 368 g/mol. The van der Waals surface area contributed by atoms with Crippen LogP contribution in [0.15, 0.2) is 34.2 Å². The van der Waals surface area contributed by atoms with Gasteiger partial charge in [-0.25, -0.2) is 13.6 Å². The minimum absolute atomic E-state index is 0.0641. The van der Waals surface area contributed by atoms with Crippen LogP contribution >= 0.6 is 0 Å². The van der Waals surface area contributed by atoms with Crippen molar-refractivity contribution in [2.75, 3.05) is 27.2 Å². The van der Waals surface area contributed by atoms with Crippen molar-refractivity contribution in [2.45, 2.75) is 24.3 Å². The van der Waals surface area contributed by atoms with Gasteiger partial charge in [-0.05, 0) is 30.5 Å². The average molecular weight is 368 g/mol. The molecule has 1 fully saturated rings. The Balaban J connectivity index is 1.95. The Bertz CT molecular complexity index is 740. The molecule has 1 aromatic carbocycles. The molecule has 1 aromatic rings. The zero-order chi connectivity index (χ0) is 18.4. The summed E-state index contributed by atoms with van der Waals surface area (Å²) in [5, 5.41) is 8.37. The summed E-state index contributed by atoms with van der Waals surface area (Å²) in [6, 6.07) is 6.48. The molecular weight excluding hydrogens is 344 g/mol. The number of nitrogens with two attached hydrogens (primary N) is 1. The first-order valence-corrected chi connectivity index (χ1v) is 9.55. The zero-order valence-corrected chi connectivity index (χ0v) is 15.3. The largest absolute Gasteiger partial charge is 0.469 e. The van der Waals surface area contributed by atoms with Gasteiger partial charge in [0.1, 0.15) is 0 Å². The number of aliphatic imine (C=N–C) groups is 1. The molecule has 0 aliphatic carbocycles. The molecule has 0 spiro atoms. The maximum atomic E-state index is 11.6. The smallest absolute Gasteiger partial charge is 0.308 e. The third-order valence-electron chi connectivity index (χ3n) is 4.22. The number of benzene rings is 1. The predicted octanol–water partition coefficient (Wildman–Crippen LogP) is 0.294. The topological polar surface area (TPSA) is 114 Å². The molecule has 8 nitrogen and oxygen atoms in total. The number of nitrogens with one attached hydrogen (secondary N) is 1. The van der Waals surface area contributed by atoms with E-state index in [0.29, 0.717) is 38.4 Å². The number of hydrogen-bond donors (Lipinski definition) is 2. The first-order valence-electron chi connectivity index (χ1n) is 8.00. The first kappa shape index (κ1) is 19.2. The van der Waals surface area contributed by atoms with Gasteiger partial charge in [0.2, 0.25) is 10.0 Å². The summed E-state index contributed by atoms with van der Waals surface area (Å²) in [4.78, 5) is 18.0. The molecule has 1 heterocycles. The van der Waals surface area contributed by atoms with E-state index in [1.807, 2.05) is 6.07 Å². The standard InChI is InChI=1S/C16H24N4O4S/c1-18-16(20-8-6-13(7-9-20)15(21)24-2)19-11-12-4-3-5-14(10-12)25(17,22)23/h3-5,10,13H,6-9,11H2,1-2H3,(H,18,19)(H2,17,22,23). The van der Waals surface area contributed by atoms with Crippen LogP contribution in [-0.4, -0.2) is 52.5 Å². The number of carbonyl (C=O) groups is 1. The molecule has 1 saturated heterocycles. The highest BCUT2D eigenvalue weighted by molar-refractivity contribution is 7.89. The van der Waals surface area contributed by atoms with Gasteiger partial charge in [-0.1, -0.05) is 12.1 Å². The van der Waals surface area contributed by atoms with Gasteiger partial charge in [0, 0.05) is 26.7 Å². The number of piperidine rings is 1. The summed E-state index contributed by atoms with van der Waals surface area (Å²) in [6.45, 7) is 1.83. The fourth-order valence-electron chi connectivity index (χ4n) is 2.84. The van der Waals surface area contributed by atoms with Crippen molar-refractivity contribution in [3.05, 3.63) is 29.8 Å². The number of guanidine groups is 1. The van der Waals surface area contributed by atoms with Crippen LogP contribution in [0.1, 0.15) is 18.4 Å². The molecule has 138 valence electrons. The van der Waals surface area contributed by atoms with Gasteiger partial charge in [-0.2, -0.15) is 0 Å². The zero-order valence-electron chi connectivity index (χ0n) is 14.4. The maximum absolute atomic E-state index is 11.6. The normalized spacial score (nSPS) is 16.6. The Labute approximate surface area is 148 Å². The number of nitrogens with zero attached hydrogens (tertiary/aromatic N) is 2. The van der Waals surface area contributed by atoms with E-state index >= 15 is 0 Å². The minimum Gasteiger partial charge on any atom is -0.469 e. The van der Waals surface area contributed by atoms with E-state index in [1.165, 1.54) is 13.2 Å². The summed E-state index contributed by atoms with van der Waals surface area (Å²) >= 11 is 0. The van der Waals surface area contributed by atoms with Crippen molar-refractivity contribution < 1.29 is 17.9 Å². The Morgan fingerprint density at radius 2 is 2.08 bits per heavy atom. The number of primary sulfonamides is 1. The molecule has 0 saturated carbocycles. The maximum Gasteiger partial charge on any atom is 0.308 e. The van der Waals surface area contributed by atoms with Gasteiger partial charge in [0.15, 0.2) is 5.96 Å². The second-order valence-electron chi connectivity index (χ2n) is 5.88. The molecule has 25 heavy (non-hydrogen) atoms. The lowest BCUT2D eigenvalue weighted by Crippen LogP contribution is -2.46. The minimum atomic E-state index is -3.72. The number of methoxy groups -OCH3 is 1. The summed E-state index contributed by atoms with van der Waals surface area (Å²) in [6.07, 6.45) is 1.43. The Morgan fingerprint density at radius 3 is 2.64 bits per heavy atom. The van der Waals surface area contributed by atoms with Crippen LogP contribution in [0.5, 0.6) is 0 Å². The number of rotatable bonds is 4. The molecule has 2 rings (SSSR count). The summed E-state index contributed by atoms with van der Waals surface area (Å²) in [5.41, 5.74) is 0.789. The average Bonchev–Trinajstić information content (AvgIpc) is 2.61. The summed E-state index contributed by atoms with van der Waals surface area (Å²) < 4.78 is 27.6. The number of esters is 1. The van der Waals surface area contributed by atoms with Crippen LogP contribution in [0.3, 0.4) is 0 Å². The van der Waals surface area contributed by atoms with E-state index in [4.69, 9.17) is 9.88 Å². The highest BCUT2D eigenvalue weighted by Crippen LogP contribution is 2.18. The van der Waals surface area contributed by atoms with Crippen LogP contribution in [0.25, 0.3) is 0 Å². The van der Waals surface area contributed by atoms with E-state index in [1.54, 1.807) is 19.2 Å². The number of likely N-dealkylation sites (tertiary alicyclic amines) is 1. The van der Waals surface area contributed by atoms with Crippen LogP contribution < -0.4 is 10.5 Å². The Hall–Kier alpha value is -2.13. The van der Waals surface area contributed by atoms with Crippen molar-refractivity contribution >= 4 is 22.0 Å². The lowest BCUT2D eigenvalue weighted by Gasteiger charge is -2.33. The van der Waals surface area contributed by atoms with Crippen LogP contribution in [0, 0.1) is 5.92 Å². The summed E-state index contributed by atoms with van der Waals surface area (Å²) in [5.74, 6) is 0.484. The molecule has 0 aromatic heterocycles. The number of carbonyl (C=O) groups excluding carboxylic acids is 1. The highest BCUT2D eigenvalue weighted by atomic mass is 32.2. The van der Waals surface area contributed by atoms with Gasteiger partial charge < -0.3 is 15.0 Å². The lowest BCUT2D eigenvalue weighted by atomic mass is 9.97. The molecular formula is C16H24N4O4S. The molecule has 1 aliphatic heterocycles. The van der Waals surface area contributed by atoms with Gasteiger partial charge in [0.25, 0.3) is 0 Å². The van der Waals surface area contributed by atoms with Gasteiger partial charge >= 0.3 is 5.97 Å². The Morgan fingerprint density at radius 1 is 1.40 bits per heavy atom.